The first kappa shape index (κ1) is 21.6. The van der Waals surface area contributed by atoms with Crippen LogP contribution in [0.4, 0.5) is 5.95 Å². The monoisotopic (exact) mass is 410 g/mol. The summed E-state index contributed by atoms with van der Waals surface area (Å²) in [6, 6.07) is 10.2. The van der Waals surface area contributed by atoms with Gasteiger partial charge in [0.05, 0.1) is 0 Å². The topological polar surface area (TPSA) is 91.1 Å². The predicted octanol–water partition coefficient (Wildman–Crippen LogP) is 1.41. The van der Waals surface area contributed by atoms with Crippen LogP contribution >= 0.6 is 0 Å². The lowest BCUT2D eigenvalue weighted by atomic mass is 10.1. The fraction of sp³-hybridized carbons (Fsp3) is 0.409. The zero-order valence-corrected chi connectivity index (χ0v) is 18.1. The number of allylic oxidation sites excluding steroid dienone is 2. The molecular formula is C22H30N6O2. The maximum atomic E-state index is 13.0. The fourth-order valence-corrected chi connectivity index (χ4v) is 3.50. The Bertz CT molecular complexity index is 1170. The van der Waals surface area contributed by atoms with Crippen LogP contribution in [0.5, 0.6) is 0 Å². The molecule has 8 nitrogen and oxygen atoms in total. The third-order valence-corrected chi connectivity index (χ3v) is 5.21. The molecule has 160 valence electrons. The van der Waals surface area contributed by atoms with E-state index in [0.717, 1.165) is 16.6 Å². The lowest BCUT2D eigenvalue weighted by Crippen LogP contribution is -2.37. The van der Waals surface area contributed by atoms with Crippen LogP contribution in [0.3, 0.4) is 0 Å². The normalized spacial score (nSPS) is 11.1. The third kappa shape index (κ3) is 4.23. The number of benzene rings is 1. The molecule has 0 spiro atoms. The summed E-state index contributed by atoms with van der Waals surface area (Å²) >= 11 is 0. The van der Waals surface area contributed by atoms with Crippen LogP contribution in [0.15, 0.2) is 51.6 Å². The van der Waals surface area contributed by atoms with E-state index in [0.29, 0.717) is 43.3 Å². The Kier molecular flexibility index (Phi) is 6.56. The Morgan fingerprint density at radius 2 is 1.80 bits per heavy atom. The average molecular weight is 411 g/mol. The predicted molar refractivity (Wildman–Crippen MR) is 121 cm³/mol. The molecule has 1 aromatic carbocycles. The van der Waals surface area contributed by atoms with E-state index >= 15 is 0 Å². The second-order valence-corrected chi connectivity index (χ2v) is 7.69. The van der Waals surface area contributed by atoms with Gasteiger partial charge in [0.25, 0.3) is 5.56 Å². The molecule has 0 fully saturated rings. The smallest absolute Gasteiger partial charge is 0.332 e. The zero-order chi connectivity index (χ0) is 21.8. The van der Waals surface area contributed by atoms with Crippen molar-refractivity contribution in [3.8, 4) is 0 Å². The van der Waals surface area contributed by atoms with Gasteiger partial charge in [0.1, 0.15) is 0 Å². The lowest BCUT2D eigenvalue weighted by molar-refractivity contribution is 0.698. The highest BCUT2D eigenvalue weighted by atomic mass is 16.2. The molecule has 30 heavy (non-hydrogen) atoms. The van der Waals surface area contributed by atoms with Crippen LogP contribution in [0.1, 0.15) is 19.4 Å². The Balaban J connectivity index is 2.15. The van der Waals surface area contributed by atoms with Crippen molar-refractivity contribution in [1.82, 2.24) is 18.7 Å². The summed E-state index contributed by atoms with van der Waals surface area (Å²) in [7, 11) is 3.14. The van der Waals surface area contributed by atoms with Crippen LogP contribution in [-0.4, -0.2) is 38.3 Å². The molecule has 0 bridgehead atoms. The van der Waals surface area contributed by atoms with E-state index in [1.165, 1.54) is 17.2 Å². The Labute approximate surface area is 175 Å². The quantitative estimate of drug-likeness (QED) is 0.567. The molecule has 0 saturated heterocycles. The highest BCUT2D eigenvalue weighted by Gasteiger charge is 2.22. The molecule has 8 heteroatoms. The van der Waals surface area contributed by atoms with Crippen molar-refractivity contribution in [2.24, 2.45) is 19.8 Å². The molecule has 2 heterocycles. The molecule has 0 aliphatic rings. The first-order valence-electron chi connectivity index (χ1n) is 10.1. The highest BCUT2D eigenvalue weighted by molar-refractivity contribution is 5.74. The summed E-state index contributed by atoms with van der Waals surface area (Å²) in [5.41, 5.74) is 8.34. The van der Waals surface area contributed by atoms with Crippen molar-refractivity contribution >= 4 is 17.1 Å². The summed E-state index contributed by atoms with van der Waals surface area (Å²) < 4.78 is 4.45. The molecule has 2 aromatic heterocycles. The summed E-state index contributed by atoms with van der Waals surface area (Å²) in [5.74, 6) is 0.655. The number of nitrogens with zero attached hydrogens (tertiary/aromatic N) is 5. The van der Waals surface area contributed by atoms with Gasteiger partial charge >= 0.3 is 5.69 Å². The highest BCUT2D eigenvalue weighted by Crippen LogP contribution is 2.20. The standard InChI is InChI=1S/C22H30N6O2/c1-16(2)10-14-28-18-19(25(3)22(30)26(4)20(18)29)24-21(28)27(15-12-23)13-11-17-8-6-5-7-9-17/h5-10H,11-15,23H2,1-4H3. The summed E-state index contributed by atoms with van der Waals surface area (Å²) in [4.78, 5) is 32.2. The third-order valence-electron chi connectivity index (χ3n) is 5.21. The van der Waals surface area contributed by atoms with Gasteiger partial charge in [-0.3, -0.25) is 13.9 Å². The Morgan fingerprint density at radius 3 is 2.43 bits per heavy atom. The minimum absolute atomic E-state index is 0.343. The van der Waals surface area contributed by atoms with Gasteiger partial charge < -0.3 is 15.2 Å². The summed E-state index contributed by atoms with van der Waals surface area (Å²) in [6.45, 7) is 6.28. The molecule has 0 amide bonds. The van der Waals surface area contributed by atoms with Crippen molar-refractivity contribution in [3.05, 3.63) is 68.4 Å². The summed E-state index contributed by atoms with van der Waals surface area (Å²) in [5, 5.41) is 0. The first-order valence-corrected chi connectivity index (χ1v) is 10.1. The molecule has 0 atom stereocenters. The Morgan fingerprint density at radius 1 is 1.10 bits per heavy atom. The minimum atomic E-state index is -0.388. The maximum Gasteiger partial charge on any atom is 0.332 e. The second kappa shape index (κ2) is 9.13. The van der Waals surface area contributed by atoms with Crippen molar-refractivity contribution in [2.45, 2.75) is 26.8 Å². The molecular weight excluding hydrogens is 380 g/mol. The van der Waals surface area contributed by atoms with E-state index < -0.39 is 0 Å². The van der Waals surface area contributed by atoms with Gasteiger partial charge in [-0.2, -0.15) is 4.98 Å². The summed E-state index contributed by atoms with van der Waals surface area (Å²) in [6.07, 6.45) is 2.87. The van der Waals surface area contributed by atoms with Gasteiger partial charge in [0.2, 0.25) is 5.95 Å². The van der Waals surface area contributed by atoms with Gasteiger partial charge in [-0.1, -0.05) is 42.0 Å². The second-order valence-electron chi connectivity index (χ2n) is 7.69. The molecule has 0 radical (unpaired) electrons. The van der Waals surface area contributed by atoms with E-state index in [2.05, 4.69) is 17.0 Å². The number of aromatic nitrogens is 4. The van der Waals surface area contributed by atoms with E-state index in [1.54, 1.807) is 7.05 Å². The van der Waals surface area contributed by atoms with Crippen LogP contribution in [0.2, 0.25) is 0 Å². The largest absolute Gasteiger partial charge is 0.341 e. The minimum Gasteiger partial charge on any atom is -0.341 e. The fourth-order valence-electron chi connectivity index (χ4n) is 3.50. The lowest BCUT2D eigenvalue weighted by Gasteiger charge is -2.24. The molecule has 3 aromatic rings. The van der Waals surface area contributed by atoms with Gasteiger partial charge in [0, 0.05) is 40.3 Å². The van der Waals surface area contributed by atoms with E-state index in [1.807, 2.05) is 42.7 Å². The number of hydrogen-bond acceptors (Lipinski definition) is 5. The van der Waals surface area contributed by atoms with E-state index in [4.69, 9.17) is 10.7 Å². The van der Waals surface area contributed by atoms with Gasteiger partial charge in [-0.15, -0.1) is 0 Å². The van der Waals surface area contributed by atoms with Crippen LogP contribution in [-0.2, 0) is 27.1 Å². The number of anilines is 1. The first-order chi connectivity index (χ1) is 14.3. The van der Waals surface area contributed by atoms with E-state index in [9.17, 15) is 9.59 Å². The number of fused-ring (bicyclic) bond motifs is 1. The molecule has 0 saturated carbocycles. The maximum absolute atomic E-state index is 13.0. The number of nitrogens with two attached hydrogens (primary N) is 1. The molecule has 0 aliphatic heterocycles. The van der Waals surface area contributed by atoms with Crippen LogP contribution in [0, 0.1) is 0 Å². The van der Waals surface area contributed by atoms with Gasteiger partial charge in [-0.05, 0) is 25.8 Å². The number of aryl methyl sites for hydroxylation is 1. The average Bonchev–Trinajstić information content (AvgIpc) is 3.12. The van der Waals surface area contributed by atoms with E-state index in [-0.39, 0.29) is 11.2 Å². The molecule has 3 rings (SSSR count). The molecule has 2 N–H and O–H groups in total. The van der Waals surface area contributed by atoms with Gasteiger partial charge in [0.15, 0.2) is 11.2 Å². The Hall–Kier alpha value is -3.13. The SMILES string of the molecule is CC(C)=CCn1c(N(CCN)CCc2ccccc2)nc2c1c(=O)n(C)c(=O)n2C. The van der Waals surface area contributed by atoms with Crippen LogP contribution < -0.4 is 21.9 Å². The van der Waals surface area contributed by atoms with Crippen molar-refractivity contribution in [1.29, 1.82) is 0 Å². The number of rotatable bonds is 8. The van der Waals surface area contributed by atoms with Crippen molar-refractivity contribution in [2.75, 3.05) is 24.5 Å². The molecule has 0 unspecified atom stereocenters. The number of imidazole rings is 1. The molecule has 0 aliphatic carbocycles. The van der Waals surface area contributed by atoms with Crippen molar-refractivity contribution < 1.29 is 0 Å². The zero-order valence-electron chi connectivity index (χ0n) is 18.1. The van der Waals surface area contributed by atoms with Gasteiger partial charge in [-0.25, -0.2) is 4.79 Å². The number of hydrogen-bond donors (Lipinski definition) is 1. The van der Waals surface area contributed by atoms with Crippen molar-refractivity contribution in [3.63, 3.8) is 0 Å². The van der Waals surface area contributed by atoms with Crippen LogP contribution in [0.25, 0.3) is 11.2 Å².